The van der Waals surface area contributed by atoms with Gasteiger partial charge in [0.2, 0.25) is 0 Å². The van der Waals surface area contributed by atoms with E-state index in [2.05, 4.69) is 18.7 Å². The van der Waals surface area contributed by atoms with E-state index in [1.807, 2.05) is 55.5 Å². The molecule has 0 aliphatic heterocycles. The van der Waals surface area contributed by atoms with Crippen LogP contribution in [-0.4, -0.2) is 5.97 Å². The summed E-state index contributed by atoms with van der Waals surface area (Å²) in [5, 5.41) is 0. The van der Waals surface area contributed by atoms with Crippen molar-refractivity contribution in [2.75, 3.05) is 0 Å². The standard InChI is InChI=1S/C19H16O2/c1-3-18(20)21-19(2)16-10-6-4-8-14(16)12-13-15-9-5-7-11-17(15)19/h3-13H,1H2,2H3. The van der Waals surface area contributed by atoms with Gasteiger partial charge in [0.1, 0.15) is 0 Å². The second kappa shape index (κ2) is 5.06. The zero-order valence-electron chi connectivity index (χ0n) is 11.9. The quantitative estimate of drug-likeness (QED) is 0.608. The fourth-order valence-corrected chi connectivity index (χ4v) is 2.83. The van der Waals surface area contributed by atoms with E-state index in [0.29, 0.717) is 0 Å². The van der Waals surface area contributed by atoms with Gasteiger partial charge in [-0.25, -0.2) is 4.79 Å². The number of carbonyl (C=O) groups excluding carboxylic acids is 1. The van der Waals surface area contributed by atoms with Crippen LogP contribution in [0.25, 0.3) is 12.2 Å². The van der Waals surface area contributed by atoms with Crippen molar-refractivity contribution in [3.05, 3.63) is 83.4 Å². The highest BCUT2D eigenvalue weighted by Crippen LogP contribution is 2.40. The molecule has 0 bridgehead atoms. The van der Waals surface area contributed by atoms with Crippen LogP contribution in [0.1, 0.15) is 29.2 Å². The molecule has 0 N–H and O–H groups in total. The number of fused-ring (bicyclic) bond motifs is 2. The van der Waals surface area contributed by atoms with Gasteiger partial charge in [-0.15, -0.1) is 0 Å². The molecule has 0 aromatic heterocycles. The van der Waals surface area contributed by atoms with Crippen molar-refractivity contribution in [3.63, 3.8) is 0 Å². The molecule has 2 aromatic carbocycles. The van der Waals surface area contributed by atoms with Crippen LogP contribution in [0.5, 0.6) is 0 Å². The molecular weight excluding hydrogens is 260 g/mol. The fourth-order valence-electron chi connectivity index (χ4n) is 2.83. The molecule has 0 radical (unpaired) electrons. The van der Waals surface area contributed by atoms with Gasteiger partial charge in [-0.1, -0.05) is 67.3 Å². The van der Waals surface area contributed by atoms with E-state index in [0.717, 1.165) is 22.3 Å². The lowest BCUT2D eigenvalue weighted by Gasteiger charge is -2.31. The number of rotatable bonds is 2. The average molecular weight is 276 g/mol. The van der Waals surface area contributed by atoms with Crippen molar-refractivity contribution in [3.8, 4) is 0 Å². The third kappa shape index (κ3) is 2.19. The molecule has 0 atom stereocenters. The highest BCUT2D eigenvalue weighted by atomic mass is 16.6. The number of hydrogen-bond donors (Lipinski definition) is 0. The van der Waals surface area contributed by atoms with Gasteiger partial charge in [-0.2, -0.15) is 0 Å². The summed E-state index contributed by atoms with van der Waals surface area (Å²) in [7, 11) is 0. The molecule has 0 amide bonds. The number of hydrogen-bond acceptors (Lipinski definition) is 2. The molecule has 1 aliphatic rings. The van der Waals surface area contributed by atoms with Crippen LogP contribution in [0.3, 0.4) is 0 Å². The average Bonchev–Trinajstić information content (AvgIpc) is 2.64. The second-order valence-electron chi connectivity index (χ2n) is 5.17. The van der Waals surface area contributed by atoms with Crippen LogP contribution in [0, 0.1) is 0 Å². The number of carbonyl (C=O) groups is 1. The van der Waals surface area contributed by atoms with Crippen molar-refractivity contribution in [1.82, 2.24) is 0 Å². The zero-order valence-corrected chi connectivity index (χ0v) is 11.9. The molecule has 21 heavy (non-hydrogen) atoms. The Balaban J connectivity index is 2.28. The molecule has 2 heteroatoms. The van der Waals surface area contributed by atoms with Gasteiger partial charge in [-0.3, -0.25) is 0 Å². The maximum Gasteiger partial charge on any atom is 0.331 e. The number of benzene rings is 2. The van der Waals surface area contributed by atoms with Gasteiger partial charge in [-0.05, 0) is 18.1 Å². The van der Waals surface area contributed by atoms with Crippen molar-refractivity contribution in [2.24, 2.45) is 0 Å². The summed E-state index contributed by atoms with van der Waals surface area (Å²) in [6.45, 7) is 5.43. The first-order valence-electron chi connectivity index (χ1n) is 6.87. The summed E-state index contributed by atoms with van der Waals surface area (Å²) in [5.74, 6) is -0.427. The third-order valence-corrected chi connectivity index (χ3v) is 3.86. The van der Waals surface area contributed by atoms with E-state index in [1.54, 1.807) is 0 Å². The molecule has 3 rings (SSSR count). The van der Waals surface area contributed by atoms with E-state index in [9.17, 15) is 4.79 Å². The monoisotopic (exact) mass is 276 g/mol. The predicted molar refractivity (Wildman–Crippen MR) is 84.6 cm³/mol. The molecule has 0 unspecified atom stereocenters. The number of ether oxygens (including phenoxy) is 1. The maximum absolute atomic E-state index is 11.9. The number of esters is 1. The Kier molecular flexibility index (Phi) is 3.22. The van der Waals surface area contributed by atoms with E-state index in [1.165, 1.54) is 6.08 Å². The Bertz CT molecular complexity index is 691. The molecular formula is C19H16O2. The minimum Gasteiger partial charge on any atom is -0.446 e. The molecule has 0 fully saturated rings. The van der Waals surface area contributed by atoms with E-state index < -0.39 is 11.6 Å². The third-order valence-electron chi connectivity index (χ3n) is 3.86. The Labute approximate surface area is 124 Å². The van der Waals surface area contributed by atoms with Gasteiger partial charge in [0.25, 0.3) is 0 Å². The van der Waals surface area contributed by atoms with Crippen LogP contribution >= 0.6 is 0 Å². The summed E-state index contributed by atoms with van der Waals surface area (Å²) in [6, 6.07) is 15.9. The van der Waals surface area contributed by atoms with Crippen LogP contribution in [-0.2, 0) is 15.1 Å². The summed E-state index contributed by atoms with van der Waals surface area (Å²) < 4.78 is 5.76. The molecule has 104 valence electrons. The summed E-state index contributed by atoms with van der Waals surface area (Å²) >= 11 is 0. The van der Waals surface area contributed by atoms with Crippen molar-refractivity contribution in [2.45, 2.75) is 12.5 Å². The molecule has 0 spiro atoms. The van der Waals surface area contributed by atoms with Crippen LogP contribution in [0.2, 0.25) is 0 Å². The van der Waals surface area contributed by atoms with E-state index in [-0.39, 0.29) is 0 Å². The maximum atomic E-state index is 11.9. The Morgan fingerprint density at radius 1 is 1.00 bits per heavy atom. The Morgan fingerprint density at radius 2 is 1.48 bits per heavy atom. The molecule has 0 saturated carbocycles. The van der Waals surface area contributed by atoms with Crippen molar-refractivity contribution >= 4 is 18.1 Å². The molecule has 0 heterocycles. The lowest BCUT2D eigenvalue weighted by atomic mass is 9.84. The minimum absolute atomic E-state index is 0.427. The summed E-state index contributed by atoms with van der Waals surface area (Å²) in [5.41, 5.74) is 3.21. The molecule has 2 nitrogen and oxygen atoms in total. The van der Waals surface area contributed by atoms with Crippen LogP contribution in [0.15, 0.2) is 61.2 Å². The van der Waals surface area contributed by atoms with Crippen molar-refractivity contribution < 1.29 is 9.53 Å². The smallest absolute Gasteiger partial charge is 0.331 e. The minimum atomic E-state index is -0.831. The topological polar surface area (TPSA) is 26.3 Å². The van der Waals surface area contributed by atoms with Gasteiger partial charge in [0, 0.05) is 17.2 Å². The van der Waals surface area contributed by atoms with E-state index >= 15 is 0 Å². The van der Waals surface area contributed by atoms with Gasteiger partial charge in [0.15, 0.2) is 5.60 Å². The Morgan fingerprint density at radius 3 is 1.95 bits per heavy atom. The summed E-state index contributed by atoms with van der Waals surface area (Å²) in [6.07, 6.45) is 5.32. The SMILES string of the molecule is C=CC(=O)OC1(C)c2ccccc2C=Cc2ccccc21. The first-order valence-corrected chi connectivity index (χ1v) is 6.87. The first-order chi connectivity index (χ1) is 10.1. The van der Waals surface area contributed by atoms with Gasteiger partial charge in [0.05, 0.1) is 0 Å². The summed E-state index contributed by atoms with van der Waals surface area (Å²) in [4.78, 5) is 11.9. The van der Waals surface area contributed by atoms with Crippen LogP contribution in [0.4, 0.5) is 0 Å². The normalized spacial score (nSPS) is 14.5. The first kappa shape index (κ1) is 13.4. The highest BCUT2D eigenvalue weighted by Gasteiger charge is 2.36. The molecule has 0 saturated heterocycles. The van der Waals surface area contributed by atoms with E-state index in [4.69, 9.17) is 4.74 Å². The lowest BCUT2D eigenvalue weighted by Crippen LogP contribution is -2.31. The molecule has 1 aliphatic carbocycles. The largest absolute Gasteiger partial charge is 0.446 e. The van der Waals surface area contributed by atoms with Gasteiger partial charge < -0.3 is 4.74 Å². The Hall–Kier alpha value is -2.61. The second-order valence-corrected chi connectivity index (χ2v) is 5.17. The van der Waals surface area contributed by atoms with Gasteiger partial charge >= 0.3 is 5.97 Å². The molecule has 2 aromatic rings. The zero-order chi connectivity index (χ0) is 14.9. The fraction of sp³-hybridized carbons (Fsp3) is 0.105. The highest BCUT2D eigenvalue weighted by molar-refractivity contribution is 5.83. The van der Waals surface area contributed by atoms with Crippen molar-refractivity contribution in [1.29, 1.82) is 0 Å². The lowest BCUT2D eigenvalue weighted by molar-refractivity contribution is -0.149. The van der Waals surface area contributed by atoms with Crippen LogP contribution < -0.4 is 0 Å². The predicted octanol–water partition coefficient (Wildman–Crippen LogP) is 4.16.